The van der Waals surface area contributed by atoms with Crippen molar-refractivity contribution in [3.63, 3.8) is 0 Å². The van der Waals surface area contributed by atoms with E-state index >= 15 is 4.57 Å². The molecule has 0 aromatic heterocycles. The van der Waals surface area contributed by atoms with Gasteiger partial charge in [0.25, 0.3) is 0 Å². The minimum absolute atomic E-state index is 0.0149. The van der Waals surface area contributed by atoms with Crippen molar-refractivity contribution in [3.05, 3.63) is 83.6 Å². The molecule has 6 nitrogen and oxygen atoms in total. The fourth-order valence-electron chi connectivity index (χ4n) is 4.72. The van der Waals surface area contributed by atoms with Gasteiger partial charge in [0.1, 0.15) is 0 Å². The zero-order valence-corrected chi connectivity index (χ0v) is 21.3. The number of allylic oxidation sites excluding steroid dienone is 1. The highest BCUT2D eigenvalue weighted by atomic mass is 31.2. The molecule has 1 saturated heterocycles. The zero-order valence-electron chi connectivity index (χ0n) is 20.4. The van der Waals surface area contributed by atoms with Crippen molar-refractivity contribution in [1.82, 2.24) is 14.4 Å². The van der Waals surface area contributed by atoms with Crippen molar-refractivity contribution in [2.24, 2.45) is 0 Å². The van der Waals surface area contributed by atoms with Gasteiger partial charge >= 0.3 is 13.6 Å². The maximum Gasteiger partial charge on any atom is 0.332 e. The Morgan fingerprint density at radius 3 is 1.73 bits per heavy atom. The smallest absolute Gasteiger partial charge is 0.332 e. The highest BCUT2D eigenvalue weighted by Crippen LogP contribution is 2.69. The number of esters is 1. The first-order valence-corrected chi connectivity index (χ1v) is 13.2. The van der Waals surface area contributed by atoms with E-state index in [4.69, 9.17) is 4.74 Å². The van der Waals surface area contributed by atoms with Crippen LogP contribution in [0.15, 0.2) is 72.4 Å². The molecule has 0 aliphatic carbocycles. The maximum absolute atomic E-state index is 15.0. The summed E-state index contributed by atoms with van der Waals surface area (Å²) >= 11 is 0. The summed E-state index contributed by atoms with van der Waals surface area (Å²) in [7, 11) is -3.34. The van der Waals surface area contributed by atoms with Crippen LogP contribution in [0.3, 0.4) is 0 Å². The molecule has 2 aromatic carbocycles. The Morgan fingerprint density at radius 1 is 0.939 bits per heavy atom. The molecule has 2 aromatic rings. The summed E-state index contributed by atoms with van der Waals surface area (Å²) in [6.07, 6.45) is 1.38. The van der Waals surface area contributed by atoms with Crippen molar-refractivity contribution in [2.45, 2.75) is 65.7 Å². The van der Waals surface area contributed by atoms with Crippen LogP contribution in [0.25, 0.3) is 0 Å². The SMILES string of the molecule is CCOC(=O)/C=C(/C)NP1(=O)N(C(C)C)[C@H](c2ccccc2)[C@@H](c2ccccc2)N1C(C)C. The van der Waals surface area contributed by atoms with Crippen molar-refractivity contribution in [2.75, 3.05) is 6.61 Å². The van der Waals surface area contributed by atoms with Gasteiger partial charge < -0.3 is 9.82 Å². The van der Waals surface area contributed by atoms with Crippen LogP contribution in [0.1, 0.15) is 64.8 Å². The number of benzene rings is 2. The second kappa shape index (κ2) is 10.7. The monoisotopic (exact) mass is 469 g/mol. The van der Waals surface area contributed by atoms with Gasteiger partial charge in [-0.2, -0.15) is 0 Å². The molecular formula is C26H36N3O3P. The molecule has 33 heavy (non-hydrogen) atoms. The Labute approximate surface area is 198 Å². The molecule has 3 rings (SSSR count). The van der Waals surface area contributed by atoms with Crippen LogP contribution in [0.4, 0.5) is 0 Å². The molecule has 0 unspecified atom stereocenters. The first-order chi connectivity index (χ1) is 15.7. The third-order valence-corrected chi connectivity index (χ3v) is 9.10. The molecule has 0 saturated carbocycles. The van der Waals surface area contributed by atoms with E-state index in [1.54, 1.807) is 13.8 Å². The largest absolute Gasteiger partial charge is 0.463 e. The van der Waals surface area contributed by atoms with Gasteiger partial charge in [0.15, 0.2) is 0 Å². The lowest BCUT2D eigenvalue weighted by atomic mass is 9.92. The molecule has 1 aliphatic heterocycles. The van der Waals surface area contributed by atoms with Crippen LogP contribution in [0.5, 0.6) is 0 Å². The molecule has 2 atom stereocenters. The van der Waals surface area contributed by atoms with E-state index in [0.717, 1.165) is 11.1 Å². The third kappa shape index (κ3) is 5.24. The maximum atomic E-state index is 15.0. The number of carbonyl (C=O) groups is 1. The van der Waals surface area contributed by atoms with E-state index in [-0.39, 0.29) is 24.2 Å². The topological polar surface area (TPSA) is 61.9 Å². The quantitative estimate of drug-likeness (QED) is 0.288. The fraction of sp³-hybridized carbons (Fsp3) is 0.423. The molecule has 1 N–H and O–H groups in total. The van der Waals surface area contributed by atoms with Gasteiger partial charge in [0, 0.05) is 23.9 Å². The van der Waals surface area contributed by atoms with E-state index in [0.29, 0.717) is 12.3 Å². The van der Waals surface area contributed by atoms with Crippen LogP contribution < -0.4 is 5.09 Å². The van der Waals surface area contributed by atoms with E-state index in [1.807, 2.05) is 36.4 Å². The highest BCUT2D eigenvalue weighted by molar-refractivity contribution is 7.57. The summed E-state index contributed by atoms with van der Waals surface area (Å²) in [6.45, 7) is 12.1. The number of hydrogen-bond acceptors (Lipinski definition) is 3. The van der Waals surface area contributed by atoms with Gasteiger partial charge in [-0.05, 0) is 52.7 Å². The third-order valence-electron chi connectivity index (χ3n) is 5.78. The summed E-state index contributed by atoms with van der Waals surface area (Å²) in [4.78, 5) is 12.1. The van der Waals surface area contributed by atoms with E-state index in [2.05, 4.69) is 66.4 Å². The van der Waals surface area contributed by atoms with Gasteiger partial charge in [-0.1, -0.05) is 60.7 Å². The van der Waals surface area contributed by atoms with Gasteiger partial charge in [0.2, 0.25) is 0 Å². The van der Waals surface area contributed by atoms with Crippen LogP contribution >= 0.6 is 7.59 Å². The molecule has 1 aliphatic rings. The minimum Gasteiger partial charge on any atom is -0.463 e. The van der Waals surface area contributed by atoms with Crippen molar-refractivity contribution in [1.29, 1.82) is 0 Å². The number of carbonyl (C=O) groups excluding carboxylic acids is 1. The number of hydrogen-bond donors (Lipinski definition) is 1. The van der Waals surface area contributed by atoms with Crippen LogP contribution in [-0.4, -0.2) is 34.0 Å². The molecule has 0 radical (unpaired) electrons. The van der Waals surface area contributed by atoms with Crippen molar-refractivity contribution >= 4 is 13.6 Å². The molecule has 0 amide bonds. The number of ether oxygens (including phenoxy) is 1. The highest BCUT2D eigenvalue weighted by Gasteiger charge is 2.57. The van der Waals surface area contributed by atoms with Crippen LogP contribution in [0.2, 0.25) is 0 Å². The Hall–Kier alpha value is -2.40. The Balaban J connectivity index is 2.20. The van der Waals surface area contributed by atoms with Crippen LogP contribution in [-0.2, 0) is 14.1 Å². The van der Waals surface area contributed by atoms with Gasteiger partial charge in [-0.25, -0.2) is 14.1 Å². The first kappa shape index (κ1) is 25.2. The molecular weight excluding hydrogens is 433 g/mol. The second-order valence-corrected chi connectivity index (χ2v) is 11.1. The predicted molar refractivity (Wildman–Crippen MR) is 133 cm³/mol. The van der Waals surface area contributed by atoms with Gasteiger partial charge in [-0.15, -0.1) is 0 Å². The molecule has 0 spiro atoms. The van der Waals surface area contributed by atoms with Crippen molar-refractivity contribution in [3.8, 4) is 0 Å². The summed E-state index contributed by atoms with van der Waals surface area (Å²) in [5.74, 6) is -0.445. The van der Waals surface area contributed by atoms with E-state index in [1.165, 1.54) is 6.08 Å². The average Bonchev–Trinajstić information content (AvgIpc) is 3.04. The summed E-state index contributed by atoms with van der Waals surface area (Å²) < 4.78 is 24.3. The zero-order chi connectivity index (χ0) is 24.2. The second-order valence-electron chi connectivity index (χ2n) is 8.89. The Morgan fingerprint density at radius 2 is 1.36 bits per heavy atom. The molecule has 7 heteroatoms. The molecule has 0 bridgehead atoms. The predicted octanol–water partition coefficient (Wildman–Crippen LogP) is 6.07. The minimum atomic E-state index is -3.34. The first-order valence-electron chi connectivity index (χ1n) is 11.6. The summed E-state index contributed by atoms with van der Waals surface area (Å²) in [5, 5.41) is 3.27. The molecule has 1 fully saturated rings. The van der Waals surface area contributed by atoms with Crippen molar-refractivity contribution < 1.29 is 14.1 Å². The normalized spacial score (nSPS) is 21.5. The van der Waals surface area contributed by atoms with E-state index < -0.39 is 13.6 Å². The summed E-state index contributed by atoms with van der Waals surface area (Å²) in [5.41, 5.74) is 2.74. The number of nitrogens with one attached hydrogen (secondary N) is 1. The standard InChI is InChI=1S/C26H36N3O3P/c1-7-32-24(30)18-21(6)27-33(31)28(19(2)3)25(22-14-10-8-11-15-22)26(29(33)20(4)5)23-16-12-9-13-17-23/h8-20,25-26H,7H2,1-6H3,(H,27,31)/b21-18-/t25-,26-/m1/s1. The Kier molecular flexibility index (Phi) is 8.17. The van der Waals surface area contributed by atoms with Gasteiger partial charge in [-0.3, -0.25) is 4.57 Å². The van der Waals surface area contributed by atoms with Gasteiger partial charge in [0.05, 0.1) is 18.7 Å². The summed E-state index contributed by atoms with van der Waals surface area (Å²) in [6, 6.07) is 20.2. The van der Waals surface area contributed by atoms with E-state index in [9.17, 15) is 4.79 Å². The fourth-order valence-corrected chi connectivity index (χ4v) is 8.16. The molecule has 178 valence electrons. The lowest BCUT2D eigenvalue weighted by Gasteiger charge is -2.37. The Bertz CT molecular complexity index is 946. The van der Waals surface area contributed by atoms with Crippen LogP contribution in [0, 0.1) is 0 Å². The molecule has 1 heterocycles. The number of nitrogens with zero attached hydrogens (tertiary/aromatic N) is 2. The lowest BCUT2D eigenvalue weighted by Crippen LogP contribution is -2.36. The average molecular weight is 470 g/mol. The number of rotatable bonds is 8. The lowest BCUT2D eigenvalue weighted by molar-refractivity contribution is -0.137.